The van der Waals surface area contributed by atoms with Crippen molar-refractivity contribution >= 4 is 23.4 Å². The lowest BCUT2D eigenvalue weighted by atomic mass is 9.88. The van der Waals surface area contributed by atoms with Crippen LogP contribution in [0.2, 0.25) is 5.02 Å². The Hall–Kier alpha value is -1.26. The van der Waals surface area contributed by atoms with Gasteiger partial charge in [-0.15, -0.1) is 0 Å². The number of fused-ring (bicyclic) bond motifs is 1. The van der Waals surface area contributed by atoms with E-state index in [1.54, 1.807) is 0 Å². The molecule has 5 heteroatoms. The highest BCUT2D eigenvalue weighted by atomic mass is 35.5. The first-order chi connectivity index (χ1) is 11.6. The molecule has 0 unspecified atom stereocenters. The number of benzene rings is 1. The third-order valence-corrected chi connectivity index (χ3v) is 5.60. The van der Waals surface area contributed by atoms with E-state index in [0.717, 1.165) is 47.8 Å². The number of piperidine rings is 1. The fourth-order valence-electron chi connectivity index (χ4n) is 4.05. The van der Waals surface area contributed by atoms with E-state index in [2.05, 4.69) is 11.8 Å². The van der Waals surface area contributed by atoms with Crippen molar-refractivity contribution in [3.8, 4) is 0 Å². The highest BCUT2D eigenvalue weighted by Crippen LogP contribution is 2.37. The number of rotatable bonds is 5. The standard InChI is InChI=1S/C19H27ClN2O2/c1-2-3-7-21-8-4-14(5-9-21)11-16-13-17(20)12-15-6-10-22(18(15)16)19(23)24/h12-14H,2-11H2,1H3,(H,23,24). The largest absolute Gasteiger partial charge is 0.465 e. The molecular weight excluding hydrogens is 324 g/mol. The number of nitrogens with zero attached hydrogens (tertiary/aromatic N) is 2. The van der Waals surface area contributed by atoms with E-state index in [1.807, 2.05) is 12.1 Å². The minimum Gasteiger partial charge on any atom is -0.465 e. The van der Waals surface area contributed by atoms with Gasteiger partial charge in [0, 0.05) is 11.6 Å². The maximum absolute atomic E-state index is 11.5. The van der Waals surface area contributed by atoms with Crippen LogP contribution in [0.5, 0.6) is 0 Å². The van der Waals surface area contributed by atoms with Gasteiger partial charge < -0.3 is 10.0 Å². The van der Waals surface area contributed by atoms with Crippen molar-refractivity contribution < 1.29 is 9.90 Å². The first kappa shape index (κ1) is 17.6. The SMILES string of the molecule is CCCCN1CCC(Cc2cc(Cl)cc3c2N(C(=O)O)CC3)CC1. The molecule has 2 aliphatic rings. The molecule has 0 aliphatic carbocycles. The molecular formula is C19H27ClN2O2. The van der Waals surface area contributed by atoms with Crippen LogP contribution < -0.4 is 4.90 Å². The summed E-state index contributed by atoms with van der Waals surface area (Å²) in [4.78, 5) is 15.6. The van der Waals surface area contributed by atoms with Gasteiger partial charge in [0.15, 0.2) is 0 Å². The topological polar surface area (TPSA) is 43.8 Å². The second kappa shape index (κ2) is 7.75. The van der Waals surface area contributed by atoms with E-state index in [1.165, 1.54) is 37.1 Å². The molecule has 0 bridgehead atoms. The van der Waals surface area contributed by atoms with Crippen molar-refractivity contribution in [1.82, 2.24) is 4.90 Å². The molecule has 1 saturated heterocycles. The van der Waals surface area contributed by atoms with Crippen LogP contribution in [0, 0.1) is 5.92 Å². The first-order valence-electron chi connectivity index (χ1n) is 9.12. The Bertz CT molecular complexity index is 597. The van der Waals surface area contributed by atoms with Crippen LogP contribution >= 0.6 is 11.6 Å². The van der Waals surface area contributed by atoms with Gasteiger partial charge in [-0.25, -0.2) is 4.79 Å². The van der Waals surface area contributed by atoms with Gasteiger partial charge in [-0.2, -0.15) is 0 Å². The molecule has 24 heavy (non-hydrogen) atoms. The summed E-state index contributed by atoms with van der Waals surface area (Å²) in [7, 11) is 0. The maximum atomic E-state index is 11.5. The third-order valence-electron chi connectivity index (χ3n) is 5.38. The molecule has 0 radical (unpaired) electrons. The first-order valence-corrected chi connectivity index (χ1v) is 9.50. The summed E-state index contributed by atoms with van der Waals surface area (Å²) in [6.45, 7) is 6.32. The van der Waals surface area contributed by atoms with Crippen molar-refractivity contribution in [1.29, 1.82) is 0 Å². The zero-order valence-corrected chi connectivity index (χ0v) is 15.2. The van der Waals surface area contributed by atoms with Crippen LogP contribution in [0.25, 0.3) is 0 Å². The zero-order chi connectivity index (χ0) is 17.1. The minimum atomic E-state index is -0.855. The Labute approximate surface area is 149 Å². The molecule has 0 aromatic heterocycles. The molecule has 0 spiro atoms. The molecule has 1 amide bonds. The molecule has 0 saturated carbocycles. The van der Waals surface area contributed by atoms with Gasteiger partial charge in [-0.3, -0.25) is 4.90 Å². The van der Waals surface area contributed by atoms with Crippen molar-refractivity contribution in [3.05, 3.63) is 28.3 Å². The molecule has 1 fully saturated rings. The van der Waals surface area contributed by atoms with E-state index >= 15 is 0 Å². The maximum Gasteiger partial charge on any atom is 0.411 e. The second-order valence-electron chi connectivity index (χ2n) is 7.10. The summed E-state index contributed by atoms with van der Waals surface area (Å²) in [5.74, 6) is 0.627. The molecule has 2 aliphatic heterocycles. The summed E-state index contributed by atoms with van der Waals surface area (Å²) >= 11 is 6.28. The molecule has 3 rings (SSSR count). The Balaban J connectivity index is 1.69. The normalized spacial score (nSPS) is 18.8. The quantitative estimate of drug-likeness (QED) is 0.854. The number of amides is 1. The van der Waals surface area contributed by atoms with Gasteiger partial charge >= 0.3 is 6.09 Å². The summed E-state index contributed by atoms with van der Waals surface area (Å²) in [6.07, 6.45) is 5.76. The van der Waals surface area contributed by atoms with Gasteiger partial charge in [-0.1, -0.05) is 24.9 Å². The highest BCUT2D eigenvalue weighted by Gasteiger charge is 2.29. The number of carbonyl (C=O) groups is 1. The molecule has 1 aromatic rings. The smallest absolute Gasteiger partial charge is 0.411 e. The van der Waals surface area contributed by atoms with Gasteiger partial charge in [0.25, 0.3) is 0 Å². The molecule has 1 N–H and O–H groups in total. The van der Waals surface area contributed by atoms with Gasteiger partial charge in [0.2, 0.25) is 0 Å². The lowest BCUT2D eigenvalue weighted by Crippen LogP contribution is -2.35. The minimum absolute atomic E-state index is 0.549. The third kappa shape index (κ3) is 3.86. The fourth-order valence-corrected chi connectivity index (χ4v) is 4.32. The van der Waals surface area contributed by atoms with E-state index in [-0.39, 0.29) is 0 Å². The Morgan fingerprint density at radius 3 is 2.71 bits per heavy atom. The Morgan fingerprint density at radius 1 is 1.29 bits per heavy atom. The van der Waals surface area contributed by atoms with Gasteiger partial charge in [0.1, 0.15) is 0 Å². The van der Waals surface area contributed by atoms with Gasteiger partial charge in [-0.05, 0) is 80.9 Å². The number of halogens is 1. The average Bonchev–Trinajstić information content (AvgIpc) is 2.98. The predicted octanol–water partition coefficient (Wildman–Crippen LogP) is 4.44. The van der Waals surface area contributed by atoms with Crippen molar-refractivity contribution in [2.24, 2.45) is 5.92 Å². The summed E-state index contributed by atoms with van der Waals surface area (Å²) in [5.41, 5.74) is 3.10. The Morgan fingerprint density at radius 2 is 2.04 bits per heavy atom. The van der Waals surface area contributed by atoms with Crippen LogP contribution in [0.15, 0.2) is 12.1 Å². The summed E-state index contributed by atoms with van der Waals surface area (Å²) < 4.78 is 0. The number of anilines is 1. The van der Waals surface area contributed by atoms with Crippen LogP contribution in [0.4, 0.5) is 10.5 Å². The average molecular weight is 351 g/mol. The molecule has 1 aromatic carbocycles. The molecule has 0 atom stereocenters. The fraction of sp³-hybridized carbons (Fsp3) is 0.632. The lowest BCUT2D eigenvalue weighted by Gasteiger charge is -2.32. The number of hydrogen-bond acceptors (Lipinski definition) is 2. The van der Waals surface area contributed by atoms with E-state index in [0.29, 0.717) is 12.5 Å². The van der Waals surface area contributed by atoms with E-state index in [4.69, 9.17) is 11.6 Å². The second-order valence-corrected chi connectivity index (χ2v) is 7.54. The molecule has 2 heterocycles. The number of carboxylic acid groups (broad SMARTS) is 1. The lowest BCUT2D eigenvalue weighted by molar-refractivity contribution is 0.182. The highest BCUT2D eigenvalue weighted by molar-refractivity contribution is 6.30. The summed E-state index contributed by atoms with van der Waals surface area (Å²) in [5, 5.41) is 10.2. The molecule has 132 valence electrons. The van der Waals surface area contributed by atoms with Crippen LogP contribution in [0.3, 0.4) is 0 Å². The predicted molar refractivity (Wildman–Crippen MR) is 98.3 cm³/mol. The van der Waals surface area contributed by atoms with Crippen molar-refractivity contribution in [2.75, 3.05) is 31.1 Å². The van der Waals surface area contributed by atoms with E-state index < -0.39 is 6.09 Å². The number of unbranched alkanes of at least 4 members (excludes halogenated alkanes) is 1. The van der Waals surface area contributed by atoms with Crippen molar-refractivity contribution in [2.45, 2.75) is 45.4 Å². The van der Waals surface area contributed by atoms with E-state index in [9.17, 15) is 9.90 Å². The van der Waals surface area contributed by atoms with Crippen molar-refractivity contribution in [3.63, 3.8) is 0 Å². The van der Waals surface area contributed by atoms with Gasteiger partial charge in [0.05, 0.1) is 5.69 Å². The Kier molecular flexibility index (Phi) is 5.67. The van der Waals surface area contributed by atoms with Crippen LogP contribution in [-0.2, 0) is 12.8 Å². The zero-order valence-electron chi connectivity index (χ0n) is 14.4. The summed E-state index contributed by atoms with van der Waals surface area (Å²) in [6, 6.07) is 3.90. The molecule has 4 nitrogen and oxygen atoms in total. The number of likely N-dealkylation sites (tertiary alicyclic amines) is 1. The monoisotopic (exact) mass is 350 g/mol. The number of hydrogen-bond donors (Lipinski definition) is 1. The van der Waals surface area contributed by atoms with Crippen LogP contribution in [0.1, 0.15) is 43.7 Å². The van der Waals surface area contributed by atoms with Crippen LogP contribution in [-0.4, -0.2) is 42.3 Å².